The van der Waals surface area contributed by atoms with E-state index >= 15 is 0 Å². The molecular weight excluding hydrogens is 474 g/mol. The first-order valence-electron chi connectivity index (χ1n) is 11.2. The summed E-state index contributed by atoms with van der Waals surface area (Å²) in [6, 6.07) is 23.4. The number of pyridine rings is 1. The molecule has 3 heterocycles. The van der Waals surface area contributed by atoms with Crippen molar-refractivity contribution in [2.45, 2.75) is 12.5 Å². The number of anilines is 1. The van der Waals surface area contributed by atoms with Crippen molar-refractivity contribution in [2.24, 2.45) is 0 Å². The lowest BCUT2D eigenvalue weighted by Gasteiger charge is -2.21. The van der Waals surface area contributed by atoms with Gasteiger partial charge in [-0.15, -0.1) is 11.3 Å². The van der Waals surface area contributed by atoms with Crippen molar-refractivity contribution in [3.63, 3.8) is 0 Å². The van der Waals surface area contributed by atoms with E-state index in [9.17, 15) is 14.4 Å². The van der Waals surface area contributed by atoms with Crippen LogP contribution in [-0.4, -0.2) is 27.8 Å². The first kappa shape index (κ1) is 21.9. The highest BCUT2D eigenvalue weighted by atomic mass is 32.1. The lowest BCUT2D eigenvalue weighted by atomic mass is 9.92. The van der Waals surface area contributed by atoms with E-state index in [1.807, 2.05) is 48.5 Å². The molecule has 0 radical (unpaired) electrons. The van der Waals surface area contributed by atoms with Gasteiger partial charge in [0.1, 0.15) is 16.2 Å². The molecule has 0 spiro atoms. The second kappa shape index (κ2) is 8.24. The van der Waals surface area contributed by atoms with Crippen molar-refractivity contribution in [2.75, 3.05) is 5.32 Å². The van der Waals surface area contributed by atoms with Crippen LogP contribution in [0.2, 0.25) is 0 Å². The SMILES string of the molecule is CC1(c2cccc(NC(=O)c3cc(-c4nc5ccccc5s4)nc4ccccc34)c2)NC(=O)NC1=O. The molecule has 8 nitrogen and oxygen atoms in total. The number of fused-ring (bicyclic) bond motifs is 2. The summed E-state index contributed by atoms with van der Waals surface area (Å²) >= 11 is 1.52. The molecule has 1 saturated heterocycles. The highest BCUT2D eigenvalue weighted by Gasteiger charge is 2.43. The Labute approximate surface area is 209 Å². The van der Waals surface area contributed by atoms with Gasteiger partial charge in [-0.2, -0.15) is 0 Å². The highest BCUT2D eigenvalue weighted by Crippen LogP contribution is 2.32. The summed E-state index contributed by atoms with van der Waals surface area (Å²) in [4.78, 5) is 47.0. The molecule has 0 aliphatic carbocycles. The molecule has 0 bridgehead atoms. The lowest BCUT2D eigenvalue weighted by molar-refractivity contribution is -0.123. The summed E-state index contributed by atoms with van der Waals surface area (Å²) in [6.45, 7) is 1.62. The number of benzene rings is 3. The fourth-order valence-electron chi connectivity index (χ4n) is 4.31. The predicted octanol–water partition coefficient (Wildman–Crippen LogP) is 4.82. The van der Waals surface area contributed by atoms with E-state index in [2.05, 4.69) is 16.0 Å². The molecule has 6 rings (SSSR count). The Morgan fingerprint density at radius 2 is 1.69 bits per heavy atom. The van der Waals surface area contributed by atoms with E-state index in [1.54, 1.807) is 37.3 Å². The molecule has 0 saturated carbocycles. The third-order valence-electron chi connectivity index (χ3n) is 6.22. The maximum atomic E-state index is 13.5. The van der Waals surface area contributed by atoms with Gasteiger partial charge in [-0.1, -0.05) is 42.5 Å². The maximum Gasteiger partial charge on any atom is 0.322 e. The number of carbonyl (C=O) groups excluding carboxylic acids is 3. The van der Waals surface area contributed by atoms with Gasteiger partial charge in [-0.3, -0.25) is 14.9 Å². The van der Waals surface area contributed by atoms with Crippen LogP contribution in [0.15, 0.2) is 78.9 Å². The predicted molar refractivity (Wildman–Crippen MR) is 139 cm³/mol. The summed E-state index contributed by atoms with van der Waals surface area (Å²) in [5, 5.41) is 9.28. The zero-order chi connectivity index (χ0) is 24.9. The third kappa shape index (κ3) is 3.66. The van der Waals surface area contributed by atoms with E-state index in [4.69, 9.17) is 9.97 Å². The third-order valence-corrected chi connectivity index (χ3v) is 7.28. The molecule has 3 aromatic carbocycles. The van der Waals surface area contributed by atoms with Gasteiger partial charge in [0.05, 0.1) is 21.3 Å². The molecule has 1 fully saturated rings. The molecule has 2 aromatic heterocycles. The first-order valence-corrected chi connectivity index (χ1v) is 12.0. The van der Waals surface area contributed by atoms with E-state index in [-0.39, 0.29) is 5.91 Å². The van der Waals surface area contributed by atoms with Crippen LogP contribution in [0.1, 0.15) is 22.8 Å². The van der Waals surface area contributed by atoms with Crippen LogP contribution < -0.4 is 16.0 Å². The van der Waals surface area contributed by atoms with Gasteiger partial charge in [-0.25, -0.2) is 14.8 Å². The average molecular weight is 494 g/mol. The normalized spacial score (nSPS) is 17.2. The quantitative estimate of drug-likeness (QED) is 0.311. The fraction of sp³-hybridized carbons (Fsp3) is 0.0741. The van der Waals surface area contributed by atoms with Gasteiger partial charge in [0.25, 0.3) is 11.8 Å². The van der Waals surface area contributed by atoms with E-state index < -0.39 is 17.5 Å². The summed E-state index contributed by atoms with van der Waals surface area (Å²) in [6.07, 6.45) is 0. The number of imide groups is 1. The molecule has 4 amide bonds. The van der Waals surface area contributed by atoms with Crippen LogP contribution in [0.25, 0.3) is 31.8 Å². The molecule has 9 heteroatoms. The minimum atomic E-state index is -1.22. The average Bonchev–Trinajstić information content (AvgIpc) is 3.43. The van der Waals surface area contributed by atoms with Crippen LogP contribution in [0.3, 0.4) is 0 Å². The molecule has 1 aliphatic heterocycles. The van der Waals surface area contributed by atoms with Gasteiger partial charge in [0.2, 0.25) is 0 Å². The van der Waals surface area contributed by atoms with Gasteiger partial charge in [0.15, 0.2) is 0 Å². The van der Waals surface area contributed by atoms with E-state index in [1.165, 1.54) is 11.3 Å². The minimum absolute atomic E-state index is 0.321. The molecule has 5 aromatic rings. The summed E-state index contributed by atoms with van der Waals surface area (Å²) in [5.74, 6) is -0.769. The van der Waals surface area contributed by atoms with Gasteiger partial charge >= 0.3 is 6.03 Å². The number of hydrogen-bond donors (Lipinski definition) is 3. The van der Waals surface area contributed by atoms with Crippen molar-refractivity contribution in [3.05, 3.63) is 90.0 Å². The Kier molecular flexibility index (Phi) is 5.01. The number of aromatic nitrogens is 2. The molecule has 3 N–H and O–H groups in total. The van der Waals surface area contributed by atoms with Crippen molar-refractivity contribution >= 4 is 56.0 Å². The van der Waals surface area contributed by atoms with Crippen molar-refractivity contribution in [3.8, 4) is 10.7 Å². The van der Waals surface area contributed by atoms with E-state index in [0.717, 1.165) is 15.2 Å². The smallest absolute Gasteiger partial charge is 0.322 e. The number of nitrogens with one attached hydrogen (secondary N) is 3. The highest BCUT2D eigenvalue weighted by molar-refractivity contribution is 7.21. The van der Waals surface area contributed by atoms with Crippen LogP contribution in [0.5, 0.6) is 0 Å². The zero-order valence-electron chi connectivity index (χ0n) is 19.0. The topological polar surface area (TPSA) is 113 Å². The van der Waals surface area contributed by atoms with Crippen LogP contribution in [0.4, 0.5) is 10.5 Å². The Morgan fingerprint density at radius 3 is 2.47 bits per heavy atom. The molecule has 1 aliphatic rings. The van der Waals surface area contributed by atoms with Gasteiger partial charge in [-0.05, 0) is 48.9 Å². The number of para-hydroxylation sites is 2. The molecule has 176 valence electrons. The van der Waals surface area contributed by atoms with Crippen molar-refractivity contribution in [1.29, 1.82) is 0 Å². The Bertz CT molecular complexity index is 1680. The number of rotatable bonds is 4. The summed E-state index contributed by atoms with van der Waals surface area (Å²) in [5.41, 5.74) is 2.47. The zero-order valence-corrected chi connectivity index (χ0v) is 19.8. The van der Waals surface area contributed by atoms with Crippen LogP contribution in [0, 0.1) is 0 Å². The summed E-state index contributed by atoms with van der Waals surface area (Å²) in [7, 11) is 0. The Balaban J connectivity index is 1.38. The largest absolute Gasteiger partial charge is 0.322 e. The molecule has 36 heavy (non-hydrogen) atoms. The summed E-state index contributed by atoms with van der Waals surface area (Å²) < 4.78 is 1.04. The second-order valence-corrected chi connectivity index (χ2v) is 9.66. The number of carbonyl (C=O) groups is 3. The maximum absolute atomic E-state index is 13.5. The molecule has 1 unspecified atom stereocenters. The molecular formula is C27H19N5O3S. The monoisotopic (exact) mass is 493 g/mol. The van der Waals surface area contributed by atoms with Gasteiger partial charge in [0, 0.05) is 11.1 Å². The number of hydrogen-bond acceptors (Lipinski definition) is 6. The number of nitrogens with zero attached hydrogens (tertiary/aromatic N) is 2. The van der Waals surface area contributed by atoms with Gasteiger partial charge < -0.3 is 10.6 Å². The lowest BCUT2D eigenvalue weighted by Crippen LogP contribution is -2.40. The Hall–Kier alpha value is -4.63. The van der Waals surface area contributed by atoms with Crippen molar-refractivity contribution in [1.82, 2.24) is 20.6 Å². The fourth-order valence-corrected chi connectivity index (χ4v) is 5.23. The number of urea groups is 1. The molecule has 1 atom stereocenters. The number of thiazole rings is 1. The standard InChI is InChI=1S/C27H19N5O3S/c1-27(25(34)31-26(35)32-27)15-7-6-8-16(13-15)28-23(33)18-14-21(29-19-10-3-2-9-17(18)19)24-30-20-11-4-5-12-22(20)36-24/h2-14H,1H3,(H,28,33)(H2,31,32,34,35). The van der Waals surface area contributed by atoms with Crippen LogP contribution in [-0.2, 0) is 10.3 Å². The number of amides is 4. The minimum Gasteiger partial charge on any atom is -0.322 e. The Morgan fingerprint density at radius 1 is 0.917 bits per heavy atom. The first-order chi connectivity index (χ1) is 17.4. The van der Waals surface area contributed by atoms with E-state index in [0.29, 0.717) is 33.4 Å². The second-order valence-electron chi connectivity index (χ2n) is 8.63. The van der Waals surface area contributed by atoms with Crippen LogP contribution >= 0.6 is 11.3 Å². The van der Waals surface area contributed by atoms with Crippen molar-refractivity contribution < 1.29 is 14.4 Å².